The molecule has 2 rings (SSSR count). The highest BCUT2D eigenvalue weighted by Crippen LogP contribution is 2.33. The summed E-state index contributed by atoms with van der Waals surface area (Å²) in [4.78, 5) is 0. The first-order chi connectivity index (χ1) is 7.96. The third-order valence-corrected chi connectivity index (χ3v) is 4.00. The summed E-state index contributed by atoms with van der Waals surface area (Å²) >= 11 is 0. The first-order valence-corrected chi connectivity index (χ1v) is 7.77. The SMILES string of the molecule is CS(=O)(=O)CCC=C1CCc2cc(N)ccc21. The summed E-state index contributed by atoms with van der Waals surface area (Å²) in [6.45, 7) is 0. The van der Waals surface area contributed by atoms with E-state index in [4.69, 9.17) is 5.73 Å². The molecule has 92 valence electrons. The van der Waals surface area contributed by atoms with Gasteiger partial charge in [-0.1, -0.05) is 12.1 Å². The molecule has 1 aromatic carbocycles. The average molecular weight is 251 g/mol. The van der Waals surface area contributed by atoms with Crippen LogP contribution in [-0.4, -0.2) is 20.4 Å². The number of hydrogen-bond donors (Lipinski definition) is 1. The molecule has 0 spiro atoms. The minimum absolute atomic E-state index is 0.223. The molecule has 1 aromatic rings. The van der Waals surface area contributed by atoms with Gasteiger partial charge in [0.25, 0.3) is 0 Å². The summed E-state index contributed by atoms with van der Waals surface area (Å²) in [7, 11) is -2.86. The van der Waals surface area contributed by atoms with E-state index in [1.54, 1.807) is 0 Å². The Hall–Kier alpha value is -1.29. The van der Waals surface area contributed by atoms with E-state index in [9.17, 15) is 8.42 Å². The fourth-order valence-electron chi connectivity index (χ4n) is 2.20. The Balaban J connectivity index is 2.14. The van der Waals surface area contributed by atoms with Crippen LogP contribution < -0.4 is 5.73 Å². The molecular formula is C13H17NO2S. The summed E-state index contributed by atoms with van der Waals surface area (Å²) in [6, 6.07) is 5.94. The van der Waals surface area contributed by atoms with Gasteiger partial charge in [0.15, 0.2) is 0 Å². The molecule has 0 unspecified atom stereocenters. The highest BCUT2D eigenvalue weighted by molar-refractivity contribution is 7.90. The minimum atomic E-state index is -2.86. The van der Waals surface area contributed by atoms with Gasteiger partial charge in [0.2, 0.25) is 0 Å². The summed E-state index contributed by atoms with van der Waals surface area (Å²) in [5.74, 6) is 0.223. The van der Waals surface area contributed by atoms with E-state index in [0.717, 1.165) is 18.5 Å². The van der Waals surface area contributed by atoms with E-state index in [2.05, 4.69) is 0 Å². The van der Waals surface area contributed by atoms with Gasteiger partial charge in [-0.05, 0) is 48.1 Å². The van der Waals surface area contributed by atoms with Gasteiger partial charge >= 0.3 is 0 Å². The minimum Gasteiger partial charge on any atom is -0.399 e. The maximum absolute atomic E-state index is 11.0. The van der Waals surface area contributed by atoms with Crippen LogP contribution >= 0.6 is 0 Å². The van der Waals surface area contributed by atoms with Crippen molar-refractivity contribution in [2.24, 2.45) is 0 Å². The zero-order valence-electron chi connectivity index (χ0n) is 9.94. The quantitative estimate of drug-likeness (QED) is 0.836. The number of sulfone groups is 1. The monoisotopic (exact) mass is 251 g/mol. The molecule has 3 nitrogen and oxygen atoms in total. The van der Waals surface area contributed by atoms with Crippen LogP contribution in [0, 0.1) is 0 Å². The molecule has 0 bridgehead atoms. The van der Waals surface area contributed by atoms with Crippen molar-refractivity contribution in [3.63, 3.8) is 0 Å². The van der Waals surface area contributed by atoms with Crippen molar-refractivity contribution < 1.29 is 8.42 Å². The number of fused-ring (bicyclic) bond motifs is 1. The molecule has 0 amide bonds. The third kappa shape index (κ3) is 3.09. The van der Waals surface area contributed by atoms with Crippen molar-refractivity contribution in [2.75, 3.05) is 17.7 Å². The normalized spacial score (nSPS) is 17.4. The molecule has 17 heavy (non-hydrogen) atoms. The van der Waals surface area contributed by atoms with E-state index in [1.165, 1.54) is 23.0 Å². The molecular weight excluding hydrogens is 234 g/mol. The van der Waals surface area contributed by atoms with Crippen molar-refractivity contribution in [1.82, 2.24) is 0 Å². The van der Waals surface area contributed by atoms with Crippen molar-refractivity contribution >= 4 is 21.1 Å². The lowest BCUT2D eigenvalue weighted by atomic mass is 10.1. The molecule has 4 heteroatoms. The van der Waals surface area contributed by atoms with Gasteiger partial charge in [-0.25, -0.2) is 8.42 Å². The number of rotatable bonds is 3. The number of benzene rings is 1. The highest BCUT2D eigenvalue weighted by Gasteiger charge is 2.15. The number of aryl methyl sites for hydroxylation is 1. The van der Waals surface area contributed by atoms with Crippen molar-refractivity contribution in [2.45, 2.75) is 19.3 Å². The Labute approximate surface area is 102 Å². The molecule has 0 radical (unpaired) electrons. The van der Waals surface area contributed by atoms with Crippen molar-refractivity contribution in [3.05, 3.63) is 35.4 Å². The van der Waals surface area contributed by atoms with Crippen LogP contribution in [0.2, 0.25) is 0 Å². The Kier molecular flexibility index (Phi) is 3.24. The van der Waals surface area contributed by atoms with Crippen LogP contribution in [0.15, 0.2) is 24.3 Å². The van der Waals surface area contributed by atoms with Crippen LogP contribution in [0.5, 0.6) is 0 Å². The predicted octanol–water partition coefficient (Wildman–Crippen LogP) is 2.03. The molecule has 0 fully saturated rings. The predicted molar refractivity (Wildman–Crippen MR) is 71.5 cm³/mol. The van der Waals surface area contributed by atoms with Crippen LogP contribution in [0.1, 0.15) is 24.0 Å². The standard InChI is InChI=1S/C13H17NO2S/c1-17(15,16)8-2-3-10-4-5-11-9-12(14)6-7-13(10)11/h3,6-7,9H,2,4-5,8,14H2,1H3. The maximum atomic E-state index is 11.0. The van der Waals surface area contributed by atoms with Gasteiger partial charge in [-0.2, -0.15) is 0 Å². The summed E-state index contributed by atoms with van der Waals surface area (Å²) < 4.78 is 22.1. The second-order valence-corrected chi connectivity index (χ2v) is 6.82. The van der Waals surface area contributed by atoms with E-state index in [1.807, 2.05) is 24.3 Å². The highest BCUT2D eigenvalue weighted by atomic mass is 32.2. The molecule has 0 saturated heterocycles. The van der Waals surface area contributed by atoms with Crippen molar-refractivity contribution in [3.8, 4) is 0 Å². The molecule has 1 aliphatic rings. The number of anilines is 1. The van der Waals surface area contributed by atoms with E-state index >= 15 is 0 Å². The van der Waals surface area contributed by atoms with Gasteiger partial charge in [-0.15, -0.1) is 0 Å². The second kappa shape index (κ2) is 4.53. The van der Waals surface area contributed by atoms with Crippen LogP contribution in [0.3, 0.4) is 0 Å². The summed E-state index contributed by atoms with van der Waals surface area (Å²) in [5.41, 5.74) is 10.3. The Bertz CT molecular complexity index is 559. The molecule has 0 saturated carbocycles. The average Bonchev–Trinajstić information content (AvgIpc) is 2.59. The molecule has 0 atom stereocenters. The number of nitrogens with two attached hydrogens (primary N) is 1. The summed E-state index contributed by atoms with van der Waals surface area (Å²) in [5, 5.41) is 0. The lowest BCUT2D eigenvalue weighted by Crippen LogP contribution is -2.01. The van der Waals surface area contributed by atoms with Gasteiger partial charge in [0.05, 0.1) is 5.75 Å². The smallest absolute Gasteiger partial charge is 0.147 e. The maximum Gasteiger partial charge on any atom is 0.147 e. The largest absolute Gasteiger partial charge is 0.399 e. The molecule has 0 heterocycles. The van der Waals surface area contributed by atoms with Crippen LogP contribution in [0.4, 0.5) is 5.69 Å². The van der Waals surface area contributed by atoms with Crippen LogP contribution in [-0.2, 0) is 16.3 Å². The van der Waals surface area contributed by atoms with E-state index in [-0.39, 0.29) is 5.75 Å². The van der Waals surface area contributed by atoms with Gasteiger partial charge in [0, 0.05) is 11.9 Å². The lowest BCUT2D eigenvalue weighted by Gasteiger charge is -2.02. The number of allylic oxidation sites excluding steroid dienone is 2. The second-order valence-electron chi connectivity index (χ2n) is 4.56. The first-order valence-electron chi connectivity index (χ1n) is 5.71. The zero-order chi connectivity index (χ0) is 12.5. The molecule has 1 aliphatic carbocycles. The van der Waals surface area contributed by atoms with Gasteiger partial charge in [0.1, 0.15) is 9.84 Å². The van der Waals surface area contributed by atoms with Gasteiger partial charge in [-0.3, -0.25) is 0 Å². The Morgan fingerprint density at radius 1 is 1.35 bits per heavy atom. The number of hydrogen-bond acceptors (Lipinski definition) is 3. The molecule has 2 N–H and O–H groups in total. The fraction of sp³-hybridized carbons (Fsp3) is 0.385. The Morgan fingerprint density at radius 3 is 2.82 bits per heavy atom. The topological polar surface area (TPSA) is 60.2 Å². The molecule has 0 aliphatic heterocycles. The first kappa shape index (κ1) is 12.2. The fourth-order valence-corrected chi connectivity index (χ4v) is 2.74. The van der Waals surface area contributed by atoms with E-state index in [0.29, 0.717) is 6.42 Å². The molecule has 0 aromatic heterocycles. The number of nitrogen functional groups attached to an aromatic ring is 1. The van der Waals surface area contributed by atoms with Crippen LogP contribution in [0.25, 0.3) is 5.57 Å². The lowest BCUT2D eigenvalue weighted by molar-refractivity contribution is 0.601. The van der Waals surface area contributed by atoms with E-state index < -0.39 is 9.84 Å². The zero-order valence-corrected chi connectivity index (χ0v) is 10.8. The Morgan fingerprint density at radius 2 is 2.12 bits per heavy atom. The van der Waals surface area contributed by atoms with Gasteiger partial charge < -0.3 is 5.73 Å². The third-order valence-electron chi connectivity index (χ3n) is 3.02. The summed E-state index contributed by atoms with van der Waals surface area (Å²) in [6.07, 6.45) is 5.91. The van der Waals surface area contributed by atoms with Crippen molar-refractivity contribution in [1.29, 1.82) is 0 Å².